The molecule has 1 aromatic carbocycles. The summed E-state index contributed by atoms with van der Waals surface area (Å²) in [6.45, 7) is 1.56. The van der Waals surface area contributed by atoms with Crippen LogP contribution >= 0.6 is 11.8 Å². The van der Waals surface area contributed by atoms with E-state index in [2.05, 4.69) is 5.92 Å². The molecule has 0 aliphatic carbocycles. The lowest BCUT2D eigenvalue weighted by Gasteiger charge is -2.11. The molecule has 8 heteroatoms. The molecule has 25 heavy (non-hydrogen) atoms. The minimum atomic E-state index is -1.10. The lowest BCUT2D eigenvalue weighted by Crippen LogP contribution is -2.28. The molecule has 0 unspecified atom stereocenters. The number of hydrogen-bond donors (Lipinski definition) is 1. The van der Waals surface area contributed by atoms with Crippen molar-refractivity contribution in [2.45, 2.75) is 6.92 Å². The van der Waals surface area contributed by atoms with Crippen molar-refractivity contribution in [1.82, 2.24) is 4.90 Å². The number of rotatable bonds is 7. The highest BCUT2D eigenvalue weighted by Gasteiger charge is 2.34. The van der Waals surface area contributed by atoms with E-state index in [1.165, 1.54) is 0 Å². The molecule has 1 aliphatic rings. The number of carboxylic acid groups (broad SMARTS) is 1. The topological polar surface area (TPSA) is 93.1 Å². The molecule has 0 radical (unpaired) electrons. The highest BCUT2D eigenvalue weighted by molar-refractivity contribution is 8.18. The Morgan fingerprint density at radius 3 is 2.76 bits per heavy atom. The van der Waals surface area contributed by atoms with Gasteiger partial charge in [0.2, 0.25) is 0 Å². The first kappa shape index (κ1) is 18.4. The number of terminal acetylenes is 1. The quantitative estimate of drug-likeness (QED) is 0.588. The molecule has 0 aromatic heterocycles. The van der Waals surface area contributed by atoms with E-state index in [9.17, 15) is 14.4 Å². The van der Waals surface area contributed by atoms with Gasteiger partial charge in [0.05, 0.1) is 18.1 Å². The van der Waals surface area contributed by atoms with E-state index in [0.717, 1.165) is 16.7 Å². The average Bonchev–Trinajstić information content (AvgIpc) is 2.82. The highest BCUT2D eigenvalue weighted by Crippen LogP contribution is 2.34. The van der Waals surface area contributed by atoms with E-state index in [1.807, 2.05) is 0 Å². The highest BCUT2D eigenvalue weighted by atomic mass is 32.2. The fourth-order valence-corrected chi connectivity index (χ4v) is 2.86. The third-order valence-corrected chi connectivity index (χ3v) is 3.95. The van der Waals surface area contributed by atoms with Crippen molar-refractivity contribution in [3.8, 4) is 23.8 Å². The SMILES string of the molecule is C#CCN1C(=O)SC(=Cc2ccc(OCC(=O)O)c(OCC)c2)C1=O. The van der Waals surface area contributed by atoms with Gasteiger partial charge in [-0.05, 0) is 42.5 Å². The minimum Gasteiger partial charge on any atom is -0.490 e. The molecule has 0 saturated carbocycles. The molecule has 0 spiro atoms. The lowest BCUT2D eigenvalue weighted by molar-refractivity contribution is -0.139. The van der Waals surface area contributed by atoms with Crippen molar-refractivity contribution in [2.75, 3.05) is 19.8 Å². The molecule has 1 fully saturated rings. The van der Waals surface area contributed by atoms with E-state index < -0.39 is 23.7 Å². The molecule has 7 nitrogen and oxygen atoms in total. The van der Waals surface area contributed by atoms with Crippen LogP contribution in [0, 0.1) is 12.3 Å². The van der Waals surface area contributed by atoms with E-state index in [-0.39, 0.29) is 17.2 Å². The van der Waals surface area contributed by atoms with E-state index >= 15 is 0 Å². The number of amides is 2. The fourth-order valence-electron chi connectivity index (χ4n) is 2.02. The minimum absolute atomic E-state index is 0.0752. The summed E-state index contributed by atoms with van der Waals surface area (Å²) in [6, 6.07) is 4.79. The normalized spacial score (nSPS) is 15.4. The van der Waals surface area contributed by atoms with Gasteiger partial charge in [0.15, 0.2) is 18.1 Å². The standard InChI is InChI=1S/C17H15NO6S/c1-3-7-18-16(21)14(25-17(18)22)9-11-5-6-12(24-10-15(19)20)13(8-11)23-4-2/h1,5-6,8-9H,4,7,10H2,2H3,(H,19,20). The summed E-state index contributed by atoms with van der Waals surface area (Å²) >= 11 is 0.807. The number of thioether (sulfide) groups is 1. The second-order valence-electron chi connectivity index (χ2n) is 4.79. The van der Waals surface area contributed by atoms with Crippen LogP contribution in [-0.2, 0) is 9.59 Å². The molecule has 1 saturated heterocycles. The number of hydrogen-bond acceptors (Lipinski definition) is 6. The monoisotopic (exact) mass is 361 g/mol. The van der Waals surface area contributed by atoms with Crippen LogP contribution in [0.15, 0.2) is 23.1 Å². The Bertz CT molecular complexity index is 780. The van der Waals surface area contributed by atoms with Crippen LogP contribution in [0.5, 0.6) is 11.5 Å². The van der Waals surface area contributed by atoms with Crippen molar-refractivity contribution in [3.63, 3.8) is 0 Å². The second-order valence-corrected chi connectivity index (χ2v) is 5.79. The Labute approximate surface area is 148 Å². The number of carbonyl (C=O) groups is 3. The maximum Gasteiger partial charge on any atom is 0.341 e. The number of nitrogens with zero attached hydrogens (tertiary/aromatic N) is 1. The molecule has 2 amide bonds. The van der Waals surface area contributed by atoms with E-state index in [0.29, 0.717) is 17.9 Å². The Kier molecular flexibility index (Phi) is 6.08. The summed E-state index contributed by atoms with van der Waals surface area (Å²) in [5.74, 6) is 1.35. The second kappa shape index (κ2) is 8.26. The first-order chi connectivity index (χ1) is 12.0. The predicted octanol–water partition coefficient (Wildman–Crippen LogP) is 2.22. The zero-order chi connectivity index (χ0) is 18.4. The van der Waals surface area contributed by atoms with Gasteiger partial charge in [-0.25, -0.2) is 4.79 Å². The largest absolute Gasteiger partial charge is 0.490 e. The summed E-state index contributed by atoms with van der Waals surface area (Å²) in [5.41, 5.74) is 0.609. The van der Waals surface area contributed by atoms with Crippen LogP contribution in [0.3, 0.4) is 0 Å². The molecule has 1 heterocycles. The maximum atomic E-state index is 12.2. The number of carboxylic acids is 1. The van der Waals surface area contributed by atoms with Crippen molar-refractivity contribution in [2.24, 2.45) is 0 Å². The number of imide groups is 1. The van der Waals surface area contributed by atoms with Gasteiger partial charge >= 0.3 is 5.97 Å². The van der Waals surface area contributed by atoms with E-state index in [4.69, 9.17) is 21.0 Å². The first-order valence-electron chi connectivity index (χ1n) is 7.26. The summed E-state index contributed by atoms with van der Waals surface area (Å²) in [5, 5.41) is 8.28. The zero-order valence-corrected chi connectivity index (χ0v) is 14.2. The lowest BCUT2D eigenvalue weighted by atomic mass is 10.2. The van der Waals surface area contributed by atoms with E-state index in [1.54, 1.807) is 31.2 Å². The molecule has 130 valence electrons. The van der Waals surface area contributed by atoms with Gasteiger partial charge in [-0.1, -0.05) is 12.0 Å². The summed E-state index contributed by atoms with van der Waals surface area (Å²) in [7, 11) is 0. The first-order valence-corrected chi connectivity index (χ1v) is 8.08. The van der Waals surface area contributed by atoms with Gasteiger partial charge in [0.1, 0.15) is 0 Å². The van der Waals surface area contributed by atoms with Crippen molar-refractivity contribution < 1.29 is 29.0 Å². The molecular formula is C17H15NO6S. The van der Waals surface area contributed by atoms with Crippen LogP contribution in [0.4, 0.5) is 4.79 Å². The number of benzene rings is 1. The van der Waals surface area contributed by atoms with Crippen LogP contribution < -0.4 is 9.47 Å². The molecular weight excluding hydrogens is 346 g/mol. The van der Waals surface area contributed by atoms with Crippen LogP contribution in [0.2, 0.25) is 0 Å². The number of aliphatic carboxylic acids is 1. The molecule has 1 aromatic rings. The molecule has 0 atom stereocenters. The van der Waals surface area contributed by atoms with Gasteiger partial charge in [-0.2, -0.15) is 0 Å². The van der Waals surface area contributed by atoms with Crippen LogP contribution in [0.25, 0.3) is 6.08 Å². The van der Waals surface area contributed by atoms with Crippen LogP contribution in [0.1, 0.15) is 12.5 Å². The van der Waals surface area contributed by atoms with Gasteiger partial charge in [-0.15, -0.1) is 6.42 Å². The Morgan fingerprint density at radius 1 is 1.36 bits per heavy atom. The third-order valence-electron chi connectivity index (χ3n) is 3.04. The van der Waals surface area contributed by atoms with Crippen molar-refractivity contribution >= 4 is 35.0 Å². The zero-order valence-electron chi connectivity index (χ0n) is 13.4. The average molecular weight is 361 g/mol. The summed E-state index contributed by atoms with van der Waals surface area (Å²) in [6.07, 6.45) is 6.70. The maximum absolute atomic E-state index is 12.2. The van der Waals surface area contributed by atoms with Crippen molar-refractivity contribution in [3.05, 3.63) is 28.7 Å². The smallest absolute Gasteiger partial charge is 0.341 e. The van der Waals surface area contributed by atoms with Gasteiger partial charge < -0.3 is 14.6 Å². The van der Waals surface area contributed by atoms with Gasteiger partial charge in [0.25, 0.3) is 11.1 Å². The van der Waals surface area contributed by atoms with Crippen LogP contribution in [-0.4, -0.2) is 46.9 Å². The summed E-state index contributed by atoms with van der Waals surface area (Å²) in [4.78, 5) is 35.8. The molecule has 0 bridgehead atoms. The fraction of sp³-hybridized carbons (Fsp3) is 0.235. The van der Waals surface area contributed by atoms with Gasteiger partial charge in [-0.3, -0.25) is 14.5 Å². The summed E-state index contributed by atoms with van der Waals surface area (Å²) < 4.78 is 10.6. The number of carbonyl (C=O) groups excluding carboxylic acids is 2. The Morgan fingerprint density at radius 2 is 2.12 bits per heavy atom. The molecule has 2 rings (SSSR count). The molecule has 1 aliphatic heterocycles. The Balaban J connectivity index is 2.26. The Hall–Kier alpha value is -2.92. The third kappa shape index (κ3) is 4.55. The molecule has 1 N–H and O–H groups in total. The number of ether oxygens (including phenoxy) is 2. The predicted molar refractivity (Wildman–Crippen MR) is 92.3 cm³/mol. The van der Waals surface area contributed by atoms with Gasteiger partial charge in [0, 0.05) is 0 Å². The van der Waals surface area contributed by atoms with Crippen molar-refractivity contribution in [1.29, 1.82) is 0 Å².